The molecule has 168 valence electrons. The lowest BCUT2D eigenvalue weighted by molar-refractivity contribution is -0.129. The van der Waals surface area contributed by atoms with Crippen molar-refractivity contribution in [3.8, 4) is 0 Å². The molecule has 30 heavy (non-hydrogen) atoms. The molecule has 5 aliphatic rings. The molecule has 0 aliphatic heterocycles. The monoisotopic (exact) mass is 414 g/mol. The first kappa shape index (κ1) is 20.8. The van der Waals surface area contributed by atoms with Crippen molar-refractivity contribution in [2.75, 3.05) is 6.54 Å². The van der Waals surface area contributed by atoms with Crippen LogP contribution in [0.4, 0.5) is 0 Å². The van der Waals surface area contributed by atoms with E-state index in [9.17, 15) is 9.59 Å². The van der Waals surface area contributed by atoms with Crippen molar-refractivity contribution in [1.29, 1.82) is 0 Å². The predicted octanol–water partition coefficient (Wildman–Crippen LogP) is 4.68. The fourth-order valence-electron chi connectivity index (χ4n) is 8.74. The van der Waals surface area contributed by atoms with Gasteiger partial charge in [-0.1, -0.05) is 33.6 Å². The average Bonchev–Trinajstić information content (AvgIpc) is 3.45. The highest BCUT2D eigenvalue weighted by atomic mass is 16.2. The van der Waals surface area contributed by atoms with E-state index in [-0.39, 0.29) is 28.7 Å². The van der Waals surface area contributed by atoms with Crippen LogP contribution < -0.4 is 10.6 Å². The summed E-state index contributed by atoms with van der Waals surface area (Å²) in [6, 6.07) is 0.241. The highest BCUT2D eigenvalue weighted by Gasteiger charge is 2.47. The lowest BCUT2D eigenvalue weighted by Gasteiger charge is -2.47. The van der Waals surface area contributed by atoms with Gasteiger partial charge >= 0.3 is 0 Å². The number of carbonyl (C=O) groups excluding carboxylic acids is 2. The van der Waals surface area contributed by atoms with Crippen LogP contribution in [0.25, 0.3) is 0 Å². The fourth-order valence-corrected chi connectivity index (χ4v) is 8.74. The number of nitrogens with one attached hydrogen (secondary N) is 2. The van der Waals surface area contributed by atoms with Crippen LogP contribution in [0.1, 0.15) is 91.4 Å². The Balaban J connectivity index is 1.18. The molecule has 8 atom stereocenters. The van der Waals surface area contributed by atoms with Gasteiger partial charge in [-0.15, -0.1) is 0 Å². The Hall–Kier alpha value is -1.06. The van der Waals surface area contributed by atoms with Crippen LogP contribution in [-0.4, -0.2) is 24.4 Å². The summed E-state index contributed by atoms with van der Waals surface area (Å²) in [6.45, 7) is 7.74. The van der Waals surface area contributed by atoms with Crippen molar-refractivity contribution in [2.24, 2.45) is 46.3 Å². The first-order valence-electron chi connectivity index (χ1n) is 12.8. The second-order valence-corrected chi connectivity index (χ2v) is 13.0. The number of hydrogen-bond donors (Lipinski definition) is 2. The second-order valence-electron chi connectivity index (χ2n) is 13.0. The minimum atomic E-state index is 0.0572. The third-order valence-corrected chi connectivity index (χ3v) is 9.63. The molecule has 0 aromatic rings. The Labute approximate surface area is 182 Å². The van der Waals surface area contributed by atoms with E-state index in [1.165, 1.54) is 38.5 Å². The van der Waals surface area contributed by atoms with E-state index < -0.39 is 0 Å². The summed E-state index contributed by atoms with van der Waals surface area (Å²) in [4.78, 5) is 26.0. The molecule has 2 amide bonds. The molecule has 5 fully saturated rings. The third kappa shape index (κ3) is 4.05. The lowest BCUT2D eigenvalue weighted by Crippen LogP contribution is -2.52. The molecule has 4 nitrogen and oxygen atoms in total. The molecule has 0 aromatic carbocycles. The summed E-state index contributed by atoms with van der Waals surface area (Å²) in [5.41, 5.74) is 0.248. The lowest BCUT2D eigenvalue weighted by atomic mass is 9.62. The van der Waals surface area contributed by atoms with E-state index in [1.54, 1.807) is 0 Å². The third-order valence-electron chi connectivity index (χ3n) is 9.63. The highest BCUT2D eigenvalue weighted by molar-refractivity contribution is 5.80. The van der Waals surface area contributed by atoms with Crippen LogP contribution in [0.15, 0.2) is 0 Å². The van der Waals surface area contributed by atoms with Crippen LogP contribution in [0.3, 0.4) is 0 Å². The summed E-state index contributed by atoms with van der Waals surface area (Å²) in [6.07, 6.45) is 13.1. The average molecular weight is 415 g/mol. The highest BCUT2D eigenvalue weighted by Crippen LogP contribution is 2.50. The fraction of sp³-hybridized carbons (Fsp3) is 0.923. The minimum absolute atomic E-state index is 0.0572. The maximum atomic E-state index is 13.1. The number of amides is 2. The van der Waals surface area contributed by atoms with Gasteiger partial charge in [0.2, 0.25) is 11.8 Å². The van der Waals surface area contributed by atoms with Crippen molar-refractivity contribution in [3.05, 3.63) is 0 Å². The molecule has 0 heterocycles. The van der Waals surface area contributed by atoms with Gasteiger partial charge in [0.05, 0.1) is 0 Å². The molecule has 4 heteroatoms. The van der Waals surface area contributed by atoms with Crippen LogP contribution in [-0.2, 0) is 9.59 Å². The zero-order chi connectivity index (χ0) is 21.1. The van der Waals surface area contributed by atoms with E-state index in [2.05, 4.69) is 31.4 Å². The zero-order valence-corrected chi connectivity index (χ0v) is 19.3. The predicted molar refractivity (Wildman–Crippen MR) is 119 cm³/mol. The Morgan fingerprint density at radius 2 is 1.40 bits per heavy atom. The van der Waals surface area contributed by atoms with Crippen molar-refractivity contribution >= 4 is 11.8 Å². The maximum absolute atomic E-state index is 13.1. The van der Waals surface area contributed by atoms with E-state index in [1.807, 2.05) is 0 Å². The Morgan fingerprint density at radius 3 is 1.93 bits per heavy atom. The quantitative estimate of drug-likeness (QED) is 0.686. The van der Waals surface area contributed by atoms with Crippen LogP contribution in [0, 0.1) is 46.3 Å². The molecule has 5 saturated carbocycles. The smallest absolute Gasteiger partial charge is 0.223 e. The van der Waals surface area contributed by atoms with E-state index in [4.69, 9.17) is 0 Å². The normalized spacial score (nSPS) is 46.2. The van der Waals surface area contributed by atoms with Gasteiger partial charge in [-0.2, -0.15) is 0 Å². The Kier molecular flexibility index (Phi) is 5.22. The van der Waals surface area contributed by atoms with E-state index >= 15 is 0 Å². The largest absolute Gasteiger partial charge is 0.355 e. The standard InChI is InChI=1S/C26H42N2O2/c1-25(2)12-20(28-24(30)22-11-17-5-7-19(22)9-17)13-26(3,14-25)15-27-23(29)21-10-16-4-6-18(21)8-16/h16-22H,4-15H2,1-3H3,(H,27,29)(H,28,30)/t16-,17-,18-,19-,20-,21-,22+,26-/m1/s1. The molecule has 0 unspecified atom stereocenters. The van der Waals surface area contributed by atoms with Gasteiger partial charge in [0.25, 0.3) is 0 Å². The first-order chi connectivity index (χ1) is 14.2. The van der Waals surface area contributed by atoms with Crippen molar-refractivity contribution in [3.63, 3.8) is 0 Å². The van der Waals surface area contributed by atoms with Gasteiger partial charge in [0, 0.05) is 24.4 Å². The molecular formula is C26H42N2O2. The van der Waals surface area contributed by atoms with Crippen molar-refractivity contribution in [2.45, 2.75) is 97.4 Å². The van der Waals surface area contributed by atoms with Gasteiger partial charge in [-0.3, -0.25) is 9.59 Å². The molecule has 2 N–H and O–H groups in total. The molecule has 5 rings (SSSR count). The van der Waals surface area contributed by atoms with Crippen LogP contribution in [0.5, 0.6) is 0 Å². The molecule has 0 aromatic heterocycles. The van der Waals surface area contributed by atoms with E-state index in [0.29, 0.717) is 23.7 Å². The van der Waals surface area contributed by atoms with Crippen molar-refractivity contribution < 1.29 is 9.59 Å². The zero-order valence-electron chi connectivity index (χ0n) is 19.3. The van der Waals surface area contributed by atoms with Gasteiger partial charge in [-0.05, 0) is 92.3 Å². The molecule has 4 bridgehead atoms. The Bertz CT molecular complexity index is 703. The van der Waals surface area contributed by atoms with Crippen LogP contribution >= 0.6 is 0 Å². The number of carbonyl (C=O) groups is 2. The molecular weight excluding hydrogens is 372 g/mol. The summed E-state index contributed by atoms with van der Waals surface area (Å²) in [5, 5.41) is 6.83. The SMILES string of the molecule is CC1(C)C[C@@H](NC(=O)[C@H]2C[C@@H]3CC[C@@H]2C3)C[C@@](C)(CNC(=O)[C@@H]2C[C@@H]3CC[C@@H]2C3)C1. The summed E-state index contributed by atoms with van der Waals surface area (Å²) < 4.78 is 0. The minimum Gasteiger partial charge on any atom is -0.355 e. The molecule has 0 saturated heterocycles. The topological polar surface area (TPSA) is 58.2 Å². The molecule has 0 radical (unpaired) electrons. The maximum Gasteiger partial charge on any atom is 0.223 e. The van der Waals surface area contributed by atoms with Gasteiger partial charge in [0.15, 0.2) is 0 Å². The molecule has 0 spiro atoms. The van der Waals surface area contributed by atoms with Crippen molar-refractivity contribution in [1.82, 2.24) is 10.6 Å². The number of fused-ring (bicyclic) bond motifs is 4. The summed E-state index contributed by atoms with van der Waals surface area (Å²) in [5.74, 6) is 4.03. The molecule has 5 aliphatic carbocycles. The van der Waals surface area contributed by atoms with Gasteiger partial charge in [-0.25, -0.2) is 0 Å². The number of hydrogen-bond acceptors (Lipinski definition) is 2. The Morgan fingerprint density at radius 1 is 0.800 bits per heavy atom. The van der Waals surface area contributed by atoms with E-state index in [0.717, 1.165) is 50.5 Å². The van der Waals surface area contributed by atoms with Gasteiger partial charge in [0.1, 0.15) is 0 Å². The second kappa shape index (κ2) is 7.52. The van der Waals surface area contributed by atoms with Gasteiger partial charge < -0.3 is 10.6 Å². The summed E-state index contributed by atoms with van der Waals surface area (Å²) >= 11 is 0. The number of rotatable bonds is 5. The summed E-state index contributed by atoms with van der Waals surface area (Å²) in [7, 11) is 0. The van der Waals surface area contributed by atoms with Crippen LogP contribution in [0.2, 0.25) is 0 Å². The first-order valence-corrected chi connectivity index (χ1v) is 12.8.